The summed E-state index contributed by atoms with van der Waals surface area (Å²) in [5.74, 6) is 0.485. The van der Waals surface area contributed by atoms with E-state index in [-0.39, 0.29) is 29.1 Å². The van der Waals surface area contributed by atoms with Crippen LogP contribution in [0.15, 0.2) is 29.8 Å². The summed E-state index contributed by atoms with van der Waals surface area (Å²) in [7, 11) is 1.69. The van der Waals surface area contributed by atoms with Crippen LogP contribution in [0.25, 0.3) is 0 Å². The van der Waals surface area contributed by atoms with Gasteiger partial charge in [0.05, 0.1) is 12.6 Å². The van der Waals surface area contributed by atoms with Crippen LogP contribution in [0.5, 0.6) is 0 Å². The van der Waals surface area contributed by atoms with Crippen molar-refractivity contribution < 1.29 is 24.2 Å². The average Bonchev–Trinajstić information content (AvgIpc) is 3.42. The number of benzene rings is 1. The molecule has 1 heterocycles. The number of fused-ring (bicyclic) bond motifs is 8. The second-order valence-corrected chi connectivity index (χ2v) is 13.2. The standard InChI is InChI=1S/C34H49NO5/c1-24-9-7-17-33(2)30(16-18-34(33)23-35(32(38)40-34)19-8-20-39-3)28-15-13-25(21-27(36)14-12-24)22-29(28)31(37)26-10-5-4-6-11-26/h9,13,15,22,26-27,30,36H,4-8,10-12,14,16-21,23H2,1-3H3/t27-,30-,33-,34+/m0/s1. The van der Waals surface area contributed by atoms with E-state index in [1.54, 1.807) is 7.11 Å². The van der Waals surface area contributed by atoms with E-state index < -0.39 is 11.7 Å². The van der Waals surface area contributed by atoms with Gasteiger partial charge in [0, 0.05) is 37.2 Å². The van der Waals surface area contributed by atoms with Gasteiger partial charge in [0.2, 0.25) is 0 Å². The molecule has 1 aromatic rings. The van der Waals surface area contributed by atoms with E-state index in [1.165, 1.54) is 12.0 Å². The van der Waals surface area contributed by atoms with Crippen molar-refractivity contribution >= 4 is 11.9 Å². The maximum atomic E-state index is 14.2. The van der Waals surface area contributed by atoms with Gasteiger partial charge in [-0.15, -0.1) is 0 Å². The number of amides is 1. The van der Waals surface area contributed by atoms with Crippen LogP contribution < -0.4 is 0 Å². The number of aliphatic hydroxyl groups is 1. The average molecular weight is 552 g/mol. The molecule has 0 aromatic heterocycles. The molecular formula is C34H49NO5. The number of nitrogens with zero attached hydrogens (tertiary/aromatic N) is 1. The van der Waals surface area contributed by atoms with Crippen LogP contribution in [-0.2, 0) is 15.9 Å². The zero-order valence-corrected chi connectivity index (χ0v) is 24.9. The largest absolute Gasteiger partial charge is 0.440 e. The Morgan fingerprint density at radius 2 is 1.95 bits per heavy atom. The zero-order valence-electron chi connectivity index (χ0n) is 24.9. The Labute approximate surface area is 240 Å². The molecule has 5 aliphatic rings. The summed E-state index contributed by atoms with van der Waals surface area (Å²) in [4.78, 5) is 29.2. The Balaban J connectivity index is 1.55. The lowest BCUT2D eigenvalue weighted by molar-refractivity contribution is -0.0373. The second-order valence-electron chi connectivity index (χ2n) is 13.2. The lowest BCUT2D eigenvalue weighted by Gasteiger charge is -2.43. The first-order chi connectivity index (χ1) is 19.3. The molecule has 0 radical (unpaired) electrons. The monoisotopic (exact) mass is 551 g/mol. The third-order valence-corrected chi connectivity index (χ3v) is 10.6. The number of Topliss-reactive ketones (excluding diaryl/α,β-unsaturated/α-hetero) is 1. The van der Waals surface area contributed by atoms with Crippen molar-refractivity contribution in [2.45, 2.75) is 115 Å². The first kappa shape index (κ1) is 29.3. The van der Waals surface area contributed by atoms with Crippen LogP contribution in [0.3, 0.4) is 0 Å². The molecule has 6 rings (SSSR count). The molecule has 1 aliphatic heterocycles. The third kappa shape index (κ3) is 5.76. The van der Waals surface area contributed by atoms with Crippen molar-refractivity contribution in [3.63, 3.8) is 0 Å². The summed E-state index contributed by atoms with van der Waals surface area (Å²) in [6.45, 7) is 6.33. The summed E-state index contributed by atoms with van der Waals surface area (Å²) >= 11 is 0. The van der Waals surface area contributed by atoms with Crippen LogP contribution >= 0.6 is 0 Å². The molecule has 0 unspecified atom stereocenters. The van der Waals surface area contributed by atoms with E-state index in [9.17, 15) is 14.7 Å². The van der Waals surface area contributed by atoms with E-state index in [2.05, 4.69) is 38.1 Å². The summed E-state index contributed by atoms with van der Waals surface area (Å²) in [6.07, 6.45) is 13.5. The number of methoxy groups -OCH3 is 1. The highest BCUT2D eigenvalue weighted by Gasteiger charge is 2.63. The van der Waals surface area contributed by atoms with E-state index >= 15 is 0 Å². The summed E-state index contributed by atoms with van der Waals surface area (Å²) in [6, 6.07) is 6.42. The number of carbonyl (C=O) groups is 2. The number of ketones is 1. The third-order valence-electron chi connectivity index (χ3n) is 10.6. The molecule has 1 aromatic carbocycles. The Morgan fingerprint density at radius 3 is 2.73 bits per heavy atom. The number of aliphatic hydroxyl groups excluding tert-OH is 1. The highest BCUT2D eigenvalue weighted by Crippen LogP contribution is 2.61. The molecule has 6 nitrogen and oxygen atoms in total. The predicted octanol–water partition coefficient (Wildman–Crippen LogP) is 6.98. The molecule has 2 saturated carbocycles. The van der Waals surface area contributed by atoms with Crippen LogP contribution in [0, 0.1) is 11.3 Å². The van der Waals surface area contributed by atoms with Crippen LogP contribution in [-0.4, -0.2) is 60.4 Å². The van der Waals surface area contributed by atoms with E-state index in [0.717, 1.165) is 80.9 Å². The van der Waals surface area contributed by atoms with Crippen molar-refractivity contribution in [1.29, 1.82) is 0 Å². The van der Waals surface area contributed by atoms with Gasteiger partial charge in [0.1, 0.15) is 5.60 Å². The Hall–Kier alpha value is -2.18. The first-order valence-electron chi connectivity index (χ1n) is 15.7. The smallest absolute Gasteiger partial charge is 0.410 e. The first-order valence-corrected chi connectivity index (χ1v) is 15.7. The predicted molar refractivity (Wildman–Crippen MR) is 157 cm³/mol. The molecule has 1 saturated heterocycles. The lowest BCUT2D eigenvalue weighted by Crippen LogP contribution is -2.48. The lowest BCUT2D eigenvalue weighted by atomic mass is 9.64. The number of rotatable bonds is 6. The van der Waals surface area contributed by atoms with Gasteiger partial charge in [-0.1, -0.05) is 50.0 Å². The SMILES string of the molecule is COCCCN1C[C@@]2(CC[C@H]3c4ccc(cc4C(=O)C4CCCCC4)C[C@@H](O)CCC(C)=CCC[C@@]32C)OC1=O. The van der Waals surface area contributed by atoms with Gasteiger partial charge in [-0.2, -0.15) is 0 Å². The van der Waals surface area contributed by atoms with Crippen molar-refractivity contribution in [2.24, 2.45) is 11.3 Å². The van der Waals surface area contributed by atoms with Gasteiger partial charge in [-0.05, 0) is 94.2 Å². The molecule has 6 heteroatoms. The molecule has 40 heavy (non-hydrogen) atoms. The van der Waals surface area contributed by atoms with Gasteiger partial charge in [0.15, 0.2) is 5.78 Å². The summed E-state index contributed by atoms with van der Waals surface area (Å²) < 4.78 is 11.6. The molecule has 1 N–H and O–H groups in total. The number of ether oxygens (including phenoxy) is 2. The van der Waals surface area contributed by atoms with Gasteiger partial charge in [0.25, 0.3) is 0 Å². The molecule has 2 bridgehead atoms. The molecule has 4 aliphatic carbocycles. The highest BCUT2D eigenvalue weighted by atomic mass is 16.6. The Kier molecular flexibility index (Phi) is 9.06. The summed E-state index contributed by atoms with van der Waals surface area (Å²) in [5, 5.41) is 10.8. The summed E-state index contributed by atoms with van der Waals surface area (Å²) in [5.41, 5.74) is 3.45. The molecule has 3 fully saturated rings. The molecule has 1 spiro atoms. The fourth-order valence-corrected chi connectivity index (χ4v) is 8.16. The van der Waals surface area contributed by atoms with Crippen molar-refractivity contribution in [3.05, 3.63) is 46.5 Å². The number of carbonyl (C=O) groups excluding carboxylic acids is 2. The van der Waals surface area contributed by atoms with Gasteiger partial charge < -0.3 is 19.5 Å². The molecule has 1 amide bonds. The minimum absolute atomic E-state index is 0.0827. The van der Waals surface area contributed by atoms with Crippen LogP contribution in [0.1, 0.15) is 118 Å². The number of allylic oxidation sites excluding steroid dienone is 2. The normalized spacial score (nSPS) is 31.6. The highest BCUT2D eigenvalue weighted by molar-refractivity contribution is 5.99. The topological polar surface area (TPSA) is 76.1 Å². The van der Waals surface area contributed by atoms with Crippen LogP contribution in [0.2, 0.25) is 0 Å². The molecular weight excluding hydrogens is 502 g/mol. The van der Waals surface area contributed by atoms with Gasteiger partial charge in [-0.3, -0.25) is 4.79 Å². The van der Waals surface area contributed by atoms with Crippen molar-refractivity contribution in [2.75, 3.05) is 26.8 Å². The van der Waals surface area contributed by atoms with E-state index in [1.807, 2.05) is 4.90 Å². The maximum Gasteiger partial charge on any atom is 0.410 e. The van der Waals surface area contributed by atoms with Crippen LogP contribution in [0.4, 0.5) is 4.79 Å². The quantitative estimate of drug-likeness (QED) is 0.234. The second kappa shape index (κ2) is 12.4. The van der Waals surface area contributed by atoms with Gasteiger partial charge in [-0.25, -0.2) is 4.79 Å². The maximum absolute atomic E-state index is 14.2. The fourth-order valence-electron chi connectivity index (χ4n) is 8.16. The Bertz CT molecular complexity index is 1110. The molecule has 4 atom stereocenters. The van der Waals surface area contributed by atoms with Crippen molar-refractivity contribution in [1.82, 2.24) is 4.90 Å². The van der Waals surface area contributed by atoms with Crippen molar-refractivity contribution in [3.8, 4) is 0 Å². The number of hydrogen-bond acceptors (Lipinski definition) is 5. The minimum Gasteiger partial charge on any atom is -0.440 e. The van der Waals surface area contributed by atoms with Gasteiger partial charge >= 0.3 is 6.09 Å². The Morgan fingerprint density at radius 1 is 1.15 bits per heavy atom. The van der Waals surface area contributed by atoms with E-state index in [0.29, 0.717) is 32.5 Å². The fraction of sp³-hybridized carbons (Fsp3) is 0.706. The zero-order chi connectivity index (χ0) is 28.3. The minimum atomic E-state index is -0.569. The number of hydrogen-bond donors (Lipinski definition) is 1. The van der Waals surface area contributed by atoms with E-state index in [4.69, 9.17) is 9.47 Å². The molecule has 220 valence electrons.